The van der Waals surface area contributed by atoms with E-state index in [9.17, 15) is 58.2 Å². The van der Waals surface area contributed by atoms with Crippen molar-refractivity contribution in [1.82, 2.24) is 30.5 Å². The van der Waals surface area contributed by atoms with Gasteiger partial charge < -0.3 is 74.6 Å². The lowest BCUT2D eigenvalue weighted by Crippen LogP contribution is -2.67. The summed E-state index contributed by atoms with van der Waals surface area (Å²) in [5.41, 5.74) is -1.92. The molecule has 2 aliphatic carbocycles. The Morgan fingerprint density at radius 2 is 1.66 bits per heavy atom. The number of carbonyl (C=O) groups is 4. The Labute approximate surface area is 424 Å². The number of hydrogen-bond donors (Lipinski definition) is 9. The Morgan fingerprint density at radius 3 is 2.27 bits per heavy atom. The van der Waals surface area contributed by atoms with Crippen molar-refractivity contribution in [3.63, 3.8) is 0 Å². The average Bonchev–Trinajstić information content (AvgIpc) is 3.85. The number of carbonyl (C=O) groups excluding carboxylic acids is 4. The number of Topliss-reactive ketones (excluding diaryl/α,β-unsaturated/α-hetero) is 1. The highest BCUT2D eigenvalue weighted by Crippen LogP contribution is 2.41. The lowest BCUT2D eigenvalue weighted by molar-refractivity contribution is -0.338. The summed E-state index contributed by atoms with van der Waals surface area (Å²) in [4.78, 5) is 56.0. The van der Waals surface area contributed by atoms with Gasteiger partial charge in [0.1, 0.15) is 60.1 Å². The van der Waals surface area contributed by atoms with Crippen LogP contribution in [0.25, 0.3) is 0 Å². The van der Waals surface area contributed by atoms with Crippen molar-refractivity contribution in [2.45, 2.75) is 183 Å². The Balaban J connectivity index is 1.21. The summed E-state index contributed by atoms with van der Waals surface area (Å²) >= 11 is 0. The molecule has 3 amide bonds. The fourth-order valence-corrected chi connectivity index (χ4v) is 10.9. The minimum Gasteiger partial charge on any atom is -0.394 e. The first-order valence-electron chi connectivity index (χ1n) is 25.3. The number of aliphatic hydroxyl groups excluding tert-OH is 6. The zero-order valence-electron chi connectivity index (χ0n) is 41.9. The van der Waals surface area contributed by atoms with Gasteiger partial charge in [-0.2, -0.15) is 8.42 Å². The lowest BCUT2D eigenvalue weighted by Gasteiger charge is -2.49. The van der Waals surface area contributed by atoms with E-state index < -0.39 is 139 Å². The number of amides is 3. The maximum absolute atomic E-state index is 14.2. The van der Waals surface area contributed by atoms with Crippen LogP contribution in [0.1, 0.15) is 108 Å². The normalized spacial score (nSPS) is 33.5. The molecule has 5 fully saturated rings. The topological polar surface area (TPSA) is 367 Å². The van der Waals surface area contributed by atoms with E-state index in [0.717, 1.165) is 49.4 Å². The van der Waals surface area contributed by atoms with Crippen LogP contribution in [0.15, 0.2) is 6.20 Å². The second kappa shape index (κ2) is 26.6. The van der Waals surface area contributed by atoms with Crippen LogP contribution in [0.2, 0.25) is 0 Å². The van der Waals surface area contributed by atoms with Crippen LogP contribution in [0.3, 0.4) is 0 Å². The zero-order chi connectivity index (χ0) is 53.2. The molecule has 4 heterocycles. The third kappa shape index (κ3) is 15.0. The average molecular weight is 1070 g/mol. The summed E-state index contributed by atoms with van der Waals surface area (Å²) in [6.45, 7) is 3.08. The van der Waals surface area contributed by atoms with Gasteiger partial charge in [-0.1, -0.05) is 50.7 Å². The maximum Gasteiger partial charge on any atom is 0.397 e. The summed E-state index contributed by atoms with van der Waals surface area (Å²) in [5, 5.41) is 77.9. The third-order valence-electron chi connectivity index (χ3n) is 14.9. The van der Waals surface area contributed by atoms with Gasteiger partial charge in [0.2, 0.25) is 5.91 Å². The van der Waals surface area contributed by atoms with Crippen LogP contribution >= 0.6 is 0 Å². The molecule has 73 heavy (non-hydrogen) atoms. The van der Waals surface area contributed by atoms with Gasteiger partial charge >= 0.3 is 10.4 Å². The summed E-state index contributed by atoms with van der Waals surface area (Å²) in [7, 11) is -3.65. The van der Waals surface area contributed by atoms with Crippen molar-refractivity contribution >= 4 is 33.9 Å². The van der Waals surface area contributed by atoms with E-state index >= 15 is 0 Å². The Hall–Kier alpha value is -3.39. The van der Waals surface area contributed by atoms with Crippen LogP contribution in [-0.2, 0) is 62.9 Å². The zero-order valence-corrected chi connectivity index (χ0v) is 42.7. The smallest absolute Gasteiger partial charge is 0.394 e. The van der Waals surface area contributed by atoms with Crippen molar-refractivity contribution in [2.24, 2.45) is 17.8 Å². The number of hydrogen-bond acceptors (Lipinski definition) is 21. The Kier molecular flexibility index (Phi) is 21.4. The molecule has 3 saturated heterocycles. The number of nitrogens with zero attached hydrogens (tertiary/aromatic N) is 4. The molecule has 0 spiro atoms. The summed E-state index contributed by atoms with van der Waals surface area (Å²) in [6.07, 6.45) is -7.84. The van der Waals surface area contributed by atoms with Crippen LogP contribution in [-0.4, -0.2) is 220 Å². The number of nitrogens with one attached hydrogen (secondary N) is 2. The minimum absolute atomic E-state index is 0.00600. The number of ketones is 1. The van der Waals surface area contributed by atoms with E-state index in [1.54, 1.807) is 4.90 Å². The summed E-state index contributed by atoms with van der Waals surface area (Å²) < 4.78 is 74.2. The number of aliphatic hydroxyl groups is 6. The van der Waals surface area contributed by atoms with Gasteiger partial charge in [-0.15, -0.1) is 5.10 Å². The van der Waals surface area contributed by atoms with Crippen molar-refractivity contribution in [2.75, 3.05) is 53.2 Å². The van der Waals surface area contributed by atoms with Crippen LogP contribution in [0.4, 0.5) is 0 Å². The number of rotatable bonds is 25. The standard InChI is InChI=1S/C46H76N6O20S/c1-5-28-18-29(31(56)13-9-14-47-42(61)30-20-52(50-49-30)46(22-54,23-66-4)24-67-73(63,64)65)19-32(40(28)72-45-39(60)38(59)36(57)25(2)68-45)70-44-35(48-26(3)55)41(37(58)34(21-53)71-44)69-33(43(62)51-15-10-16-51)17-27-11-7-6-8-12-27/h20,25,27-29,32-41,44-45,53-54,57-60H,5-19,21-24H2,1-4H3,(H,47,61)(H,48,55)(H,63,64,65)/t25?,28?,29?,32-,33+,34+,35?,36-,37+,38+,39?,40-,41?,44-,45+,46?/m1/s1. The molecular weight excluding hydrogens is 989 g/mol. The highest BCUT2D eigenvalue weighted by atomic mass is 32.3. The quantitative estimate of drug-likeness (QED) is 0.0381. The van der Waals surface area contributed by atoms with Gasteiger partial charge in [0.25, 0.3) is 11.8 Å². The van der Waals surface area contributed by atoms with Gasteiger partial charge in [-0.25, -0.2) is 8.86 Å². The van der Waals surface area contributed by atoms with Crippen molar-refractivity contribution in [1.29, 1.82) is 0 Å². The predicted molar refractivity (Wildman–Crippen MR) is 250 cm³/mol. The first-order valence-corrected chi connectivity index (χ1v) is 26.7. The number of likely N-dealkylation sites (tertiary alicyclic amines) is 1. The molecule has 0 aromatic carbocycles. The Bertz CT molecular complexity index is 2080. The summed E-state index contributed by atoms with van der Waals surface area (Å²) in [5.74, 6) is -2.68. The van der Waals surface area contributed by atoms with Crippen LogP contribution in [0.5, 0.6) is 0 Å². The van der Waals surface area contributed by atoms with Crippen molar-refractivity contribution in [3.05, 3.63) is 11.9 Å². The predicted octanol–water partition coefficient (Wildman–Crippen LogP) is -1.92. The lowest BCUT2D eigenvalue weighted by atomic mass is 9.74. The molecule has 416 valence electrons. The molecule has 0 radical (unpaired) electrons. The van der Waals surface area contributed by atoms with E-state index in [4.69, 9.17) is 33.0 Å². The van der Waals surface area contributed by atoms with E-state index in [0.29, 0.717) is 25.9 Å². The fraction of sp³-hybridized carbons (Fsp3) is 0.870. The van der Waals surface area contributed by atoms with Gasteiger partial charge in [-0.05, 0) is 50.9 Å². The van der Waals surface area contributed by atoms with E-state index in [1.807, 2.05) is 6.92 Å². The minimum atomic E-state index is -4.92. The van der Waals surface area contributed by atoms with Gasteiger partial charge in [0.15, 0.2) is 18.3 Å². The third-order valence-corrected chi connectivity index (χ3v) is 15.3. The molecule has 27 heteroatoms. The number of methoxy groups -OCH3 is 1. The van der Waals surface area contributed by atoms with E-state index in [2.05, 4.69) is 25.1 Å². The first kappa shape index (κ1) is 58.9. The molecule has 5 aliphatic rings. The number of aromatic nitrogens is 3. The molecule has 3 aliphatic heterocycles. The SMILES string of the molecule is CCC1CC(C(=O)CCCNC(=O)c2cn(C(CO)(COC)COS(=O)(=O)O)nn2)C[C@@H](O[C@@H]2O[C@@H](CO)[C@H](O)C(O[C@@H](CC3CCCCC3)C(=O)N3CCC3)C2NC(C)=O)[C@@H]1O[C@@H]1OC(C)[C@@H](O)[C@H](O)C1O. The van der Waals surface area contributed by atoms with Crippen molar-refractivity contribution < 1.29 is 95.4 Å². The highest BCUT2D eigenvalue weighted by molar-refractivity contribution is 7.80. The van der Waals surface area contributed by atoms with Crippen molar-refractivity contribution in [3.8, 4) is 0 Å². The second-order valence-electron chi connectivity index (χ2n) is 20.1. The van der Waals surface area contributed by atoms with Gasteiger partial charge in [0, 0.05) is 46.0 Å². The Morgan fingerprint density at radius 1 is 0.932 bits per heavy atom. The van der Waals surface area contributed by atoms with Crippen LogP contribution in [0, 0.1) is 17.8 Å². The highest BCUT2D eigenvalue weighted by Gasteiger charge is 2.53. The largest absolute Gasteiger partial charge is 0.397 e. The molecule has 0 bridgehead atoms. The monoisotopic (exact) mass is 1060 g/mol. The van der Waals surface area contributed by atoms with Gasteiger partial charge in [-0.3, -0.25) is 23.7 Å². The number of ether oxygens (including phenoxy) is 6. The first-order chi connectivity index (χ1) is 34.7. The molecule has 1 aromatic heterocycles. The molecule has 2 saturated carbocycles. The summed E-state index contributed by atoms with van der Waals surface area (Å²) in [6, 6.07) is -1.27. The molecule has 7 unspecified atom stereocenters. The molecule has 16 atom stereocenters. The molecule has 6 rings (SSSR count). The van der Waals surface area contributed by atoms with Crippen LogP contribution < -0.4 is 10.6 Å². The fourth-order valence-electron chi connectivity index (χ4n) is 10.5. The second-order valence-corrected chi connectivity index (χ2v) is 21.2. The molecule has 26 nitrogen and oxygen atoms in total. The maximum atomic E-state index is 14.2. The van der Waals surface area contributed by atoms with Gasteiger partial charge in [0.05, 0.1) is 50.9 Å². The van der Waals surface area contributed by atoms with E-state index in [1.165, 1.54) is 21.0 Å². The molecule has 1 aromatic rings. The van der Waals surface area contributed by atoms with E-state index in [-0.39, 0.29) is 62.1 Å². The molecule has 9 N–H and O–H groups in total. The molecular formula is C46H76N6O20S.